The minimum atomic E-state index is -0.681. The van der Waals surface area contributed by atoms with E-state index in [4.69, 9.17) is 34.8 Å². The van der Waals surface area contributed by atoms with Crippen molar-refractivity contribution in [3.63, 3.8) is 0 Å². The number of unbranched alkanes of at least 4 members (excludes halogenated alkanes) is 1. The molecule has 0 unspecified atom stereocenters. The highest BCUT2D eigenvalue weighted by atomic mass is 35.5. The van der Waals surface area contributed by atoms with Gasteiger partial charge in [0.05, 0.1) is 12.7 Å². The Morgan fingerprint density at radius 3 is 2.53 bits per heavy atom. The van der Waals surface area contributed by atoms with Crippen molar-refractivity contribution in [2.45, 2.75) is 19.3 Å². The topological polar surface area (TPSA) is 158 Å². The number of carbonyl (C=O) groups excluding carboxylic acids is 2. The van der Waals surface area contributed by atoms with Crippen LogP contribution in [0, 0.1) is 0 Å². The van der Waals surface area contributed by atoms with Crippen LogP contribution < -0.4 is 21.6 Å². The number of esters is 1. The van der Waals surface area contributed by atoms with Crippen LogP contribution in [0.4, 0.5) is 11.6 Å². The number of ether oxygens (including phenoxy) is 1. The van der Waals surface area contributed by atoms with Crippen LogP contribution >= 0.6 is 23.4 Å². The first-order valence-corrected chi connectivity index (χ1v) is 9.59. The smallest absolute Gasteiger partial charge is 0.337 e. The van der Waals surface area contributed by atoms with Crippen LogP contribution in [0.2, 0.25) is 5.15 Å². The van der Waals surface area contributed by atoms with Crippen LogP contribution in [-0.2, 0) is 11.2 Å². The van der Waals surface area contributed by atoms with E-state index in [1.807, 2.05) is 12.1 Å². The molecule has 0 aliphatic rings. The van der Waals surface area contributed by atoms with Gasteiger partial charge in [0.1, 0.15) is 0 Å². The van der Waals surface area contributed by atoms with Gasteiger partial charge < -0.3 is 16.2 Å². The number of hydrogen-bond donors (Lipinski definition) is 4. The van der Waals surface area contributed by atoms with E-state index in [1.165, 1.54) is 7.11 Å². The average Bonchev–Trinajstić information content (AvgIpc) is 2.74. The van der Waals surface area contributed by atoms with E-state index in [0.29, 0.717) is 12.1 Å². The molecule has 10 nitrogen and oxygen atoms in total. The van der Waals surface area contributed by atoms with Crippen molar-refractivity contribution in [2.75, 3.05) is 24.2 Å². The highest BCUT2D eigenvalue weighted by Gasteiger charge is 2.18. The number of aromatic nitrogens is 2. The zero-order valence-electron chi connectivity index (χ0n) is 16.1. The Morgan fingerprint density at radius 1 is 1.20 bits per heavy atom. The largest absolute Gasteiger partial charge is 0.465 e. The SMILES string of the molecule is COC(=O)c1ccc(CCCCN=C(N)NC(=O)c2nc(Cl)c(N)nc2NCl)cc1. The molecule has 2 rings (SSSR count). The lowest BCUT2D eigenvalue weighted by molar-refractivity contribution is 0.0600. The van der Waals surface area contributed by atoms with Gasteiger partial charge in [0, 0.05) is 18.3 Å². The number of guanidine groups is 1. The molecule has 0 bridgehead atoms. The summed E-state index contributed by atoms with van der Waals surface area (Å²) in [5.41, 5.74) is 12.7. The van der Waals surface area contributed by atoms with E-state index >= 15 is 0 Å². The third-order valence-electron chi connectivity index (χ3n) is 3.95. The van der Waals surface area contributed by atoms with E-state index in [-0.39, 0.29) is 34.4 Å². The summed E-state index contributed by atoms with van der Waals surface area (Å²) >= 11 is 11.3. The fourth-order valence-electron chi connectivity index (χ4n) is 2.43. The number of aliphatic imine (C=N–C) groups is 1. The quantitative estimate of drug-likeness (QED) is 0.155. The number of anilines is 2. The molecular weight excluding hydrogens is 433 g/mol. The van der Waals surface area contributed by atoms with Crippen LogP contribution in [-0.4, -0.2) is 41.5 Å². The van der Waals surface area contributed by atoms with E-state index in [1.54, 1.807) is 12.1 Å². The molecule has 1 heterocycles. The summed E-state index contributed by atoms with van der Waals surface area (Å²) in [5.74, 6) is -1.24. The number of halogens is 2. The fraction of sp³-hybridized carbons (Fsp3) is 0.278. The molecule has 0 aliphatic heterocycles. The van der Waals surface area contributed by atoms with E-state index < -0.39 is 5.91 Å². The number of methoxy groups -OCH3 is 1. The molecule has 2 aromatic rings. The Bertz CT molecular complexity index is 936. The van der Waals surface area contributed by atoms with Gasteiger partial charge in [0.15, 0.2) is 28.4 Å². The second kappa shape index (κ2) is 11.2. The second-order valence-corrected chi connectivity index (χ2v) is 6.61. The van der Waals surface area contributed by atoms with Crippen molar-refractivity contribution in [3.8, 4) is 0 Å². The fourth-order valence-corrected chi connectivity index (χ4v) is 2.69. The third kappa shape index (κ3) is 6.46. The Kier molecular flexibility index (Phi) is 8.63. The molecule has 0 saturated carbocycles. The van der Waals surface area contributed by atoms with Gasteiger partial charge in [-0.1, -0.05) is 23.7 Å². The summed E-state index contributed by atoms with van der Waals surface area (Å²) in [6.07, 6.45) is 2.41. The maximum atomic E-state index is 12.3. The molecule has 0 radical (unpaired) electrons. The highest BCUT2D eigenvalue weighted by Crippen LogP contribution is 2.20. The normalized spacial score (nSPS) is 11.1. The number of aryl methyl sites for hydroxylation is 1. The number of amides is 1. The first kappa shape index (κ1) is 23.2. The Labute approximate surface area is 183 Å². The predicted octanol–water partition coefficient (Wildman–Crippen LogP) is 2.13. The van der Waals surface area contributed by atoms with Gasteiger partial charge in [-0.2, -0.15) is 0 Å². The third-order valence-corrected chi connectivity index (χ3v) is 4.41. The molecular formula is C18H21Cl2N7O3. The molecule has 1 aromatic heterocycles. The van der Waals surface area contributed by atoms with Gasteiger partial charge in [0.25, 0.3) is 5.91 Å². The molecule has 1 aromatic carbocycles. The summed E-state index contributed by atoms with van der Waals surface area (Å²) in [6, 6.07) is 7.21. The Hall–Kier alpha value is -3.11. The van der Waals surface area contributed by atoms with Crippen molar-refractivity contribution in [1.82, 2.24) is 15.3 Å². The van der Waals surface area contributed by atoms with Crippen molar-refractivity contribution in [2.24, 2.45) is 10.7 Å². The number of nitrogens with two attached hydrogens (primary N) is 2. The minimum absolute atomic E-state index is 0.0536. The summed E-state index contributed by atoms with van der Waals surface area (Å²) in [6.45, 7) is 0.418. The number of benzene rings is 1. The van der Waals surface area contributed by atoms with E-state index in [9.17, 15) is 9.59 Å². The molecule has 0 spiro atoms. The molecule has 0 aliphatic carbocycles. The first-order chi connectivity index (χ1) is 14.3. The number of hydrogen-bond acceptors (Lipinski definition) is 8. The van der Waals surface area contributed by atoms with Crippen LogP contribution in [0.1, 0.15) is 39.3 Å². The summed E-state index contributed by atoms with van der Waals surface area (Å²) in [5, 5.41) is 2.26. The first-order valence-electron chi connectivity index (χ1n) is 8.84. The molecule has 30 heavy (non-hydrogen) atoms. The predicted molar refractivity (Wildman–Crippen MR) is 116 cm³/mol. The summed E-state index contributed by atoms with van der Waals surface area (Å²) < 4.78 is 4.67. The monoisotopic (exact) mass is 453 g/mol. The van der Waals surface area contributed by atoms with Crippen LogP contribution in [0.15, 0.2) is 29.3 Å². The van der Waals surface area contributed by atoms with Crippen molar-refractivity contribution < 1.29 is 14.3 Å². The van der Waals surface area contributed by atoms with Gasteiger partial charge >= 0.3 is 5.97 Å². The van der Waals surface area contributed by atoms with Crippen molar-refractivity contribution >= 4 is 52.8 Å². The lowest BCUT2D eigenvalue weighted by Crippen LogP contribution is -2.37. The van der Waals surface area contributed by atoms with E-state index in [0.717, 1.165) is 24.8 Å². The maximum absolute atomic E-state index is 12.3. The highest BCUT2D eigenvalue weighted by molar-refractivity contribution is 6.32. The number of nitrogen functional groups attached to an aromatic ring is 1. The van der Waals surface area contributed by atoms with Crippen LogP contribution in [0.3, 0.4) is 0 Å². The van der Waals surface area contributed by atoms with Crippen molar-refractivity contribution in [3.05, 3.63) is 46.2 Å². The molecule has 1 amide bonds. The maximum Gasteiger partial charge on any atom is 0.337 e. The summed E-state index contributed by atoms with van der Waals surface area (Å²) in [4.78, 5) is 37.7. The van der Waals surface area contributed by atoms with Crippen LogP contribution in [0.25, 0.3) is 0 Å². The lowest BCUT2D eigenvalue weighted by atomic mass is 10.1. The molecule has 12 heteroatoms. The van der Waals surface area contributed by atoms with Crippen molar-refractivity contribution in [1.29, 1.82) is 0 Å². The minimum Gasteiger partial charge on any atom is -0.465 e. The average molecular weight is 454 g/mol. The number of nitrogens with one attached hydrogen (secondary N) is 2. The van der Waals surface area contributed by atoms with Gasteiger partial charge in [-0.25, -0.2) is 14.8 Å². The van der Waals surface area contributed by atoms with Crippen LogP contribution in [0.5, 0.6) is 0 Å². The summed E-state index contributed by atoms with van der Waals surface area (Å²) in [7, 11) is 1.34. The van der Waals surface area contributed by atoms with Gasteiger partial charge in [-0.05, 0) is 37.0 Å². The van der Waals surface area contributed by atoms with E-state index in [2.05, 4.69) is 29.8 Å². The molecule has 0 atom stereocenters. The van der Waals surface area contributed by atoms with Gasteiger partial charge in [-0.15, -0.1) is 0 Å². The second-order valence-electron chi connectivity index (χ2n) is 6.06. The molecule has 0 fully saturated rings. The molecule has 6 N–H and O–H groups in total. The van der Waals surface area contributed by atoms with Gasteiger partial charge in [-0.3, -0.25) is 19.9 Å². The number of rotatable bonds is 8. The molecule has 160 valence electrons. The number of nitrogens with zero attached hydrogens (tertiary/aromatic N) is 3. The Balaban J connectivity index is 1.81. The zero-order chi connectivity index (χ0) is 22.1. The zero-order valence-corrected chi connectivity index (χ0v) is 17.6. The standard InChI is InChI=1S/C18H21Cl2N7O3/c1-30-17(29)11-7-5-10(6-8-11)4-2-3-9-23-18(22)26-16(28)12-15(27-20)25-14(21)13(19)24-12/h5-8H,2-4,9H2,1H3,(H3,21,25,27)(H3,22,23,26,28). The molecule has 0 saturated heterocycles. The Morgan fingerprint density at radius 2 is 1.90 bits per heavy atom. The lowest BCUT2D eigenvalue weighted by Gasteiger charge is -2.08. The number of carbonyl (C=O) groups is 2. The van der Waals surface area contributed by atoms with Gasteiger partial charge in [0.2, 0.25) is 0 Å².